The van der Waals surface area contributed by atoms with Crippen LogP contribution in [0, 0.1) is 11.6 Å². The van der Waals surface area contributed by atoms with Crippen molar-refractivity contribution in [1.29, 1.82) is 0 Å². The fourth-order valence-electron chi connectivity index (χ4n) is 4.09. The van der Waals surface area contributed by atoms with E-state index in [1.807, 2.05) is 0 Å². The molecule has 3 aromatic rings. The number of esters is 2. The number of aromatic nitrogens is 1. The van der Waals surface area contributed by atoms with Crippen LogP contribution < -0.4 is 16.3 Å². The van der Waals surface area contributed by atoms with Gasteiger partial charge in [-0.25, -0.2) is 18.4 Å². The second-order valence-electron chi connectivity index (χ2n) is 8.61. The van der Waals surface area contributed by atoms with Gasteiger partial charge in [-0.1, -0.05) is 47.1 Å². The Hall–Kier alpha value is -3.34. The summed E-state index contributed by atoms with van der Waals surface area (Å²) in [4.78, 5) is 40.3. The van der Waals surface area contributed by atoms with E-state index >= 15 is 0 Å². The smallest absolute Gasteiger partial charge is 0.357 e. The summed E-state index contributed by atoms with van der Waals surface area (Å²) in [5.41, 5.74) is 5.41. The molecule has 0 saturated heterocycles. The van der Waals surface area contributed by atoms with Crippen molar-refractivity contribution < 1.29 is 32.6 Å². The first-order chi connectivity index (χ1) is 18.5. The molecule has 4 rings (SSSR count). The third-order valence-corrected chi connectivity index (χ3v) is 7.62. The van der Waals surface area contributed by atoms with E-state index in [2.05, 4.69) is 0 Å². The number of carbonyl (C=O) groups is 3. The van der Waals surface area contributed by atoms with Gasteiger partial charge in [0.25, 0.3) is 0 Å². The number of benzene rings is 2. The number of nitrogens with two attached hydrogens (primary N) is 1. The van der Waals surface area contributed by atoms with Gasteiger partial charge in [0.05, 0.1) is 28.8 Å². The number of rotatable bonds is 6. The lowest BCUT2D eigenvalue weighted by molar-refractivity contribution is -0.139. The maximum atomic E-state index is 15.0. The molecule has 204 valence electrons. The zero-order valence-electron chi connectivity index (χ0n) is 20.9. The molecule has 7 nitrogen and oxygen atoms in total. The van der Waals surface area contributed by atoms with Crippen LogP contribution in [0.4, 0.5) is 14.5 Å². The monoisotopic (exact) mass is 594 g/mol. The van der Waals surface area contributed by atoms with Gasteiger partial charge in [-0.3, -0.25) is 9.36 Å². The third kappa shape index (κ3) is 5.28. The highest BCUT2D eigenvalue weighted by atomic mass is 35.5. The van der Waals surface area contributed by atoms with Crippen LogP contribution in [-0.2, 0) is 14.3 Å². The number of nitrogens with zero attached hydrogens (tertiary/aromatic N) is 1. The lowest BCUT2D eigenvalue weighted by atomic mass is 10.1. The highest BCUT2D eigenvalue weighted by molar-refractivity contribution is 8.10. The van der Waals surface area contributed by atoms with Crippen LogP contribution in [0.25, 0.3) is 11.0 Å². The first-order valence-corrected chi connectivity index (χ1v) is 13.3. The van der Waals surface area contributed by atoms with E-state index < -0.39 is 46.5 Å². The molecule has 0 unspecified atom stereocenters. The first kappa shape index (κ1) is 28.7. The number of ether oxygens (including phenoxy) is 2. The molecule has 0 bridgehead atoms. The molecule has 1 aliphatic heterocycles. The van der Waals surface area contributed by atoms with Crippen molar-refractivity contribution in [2.24, 2.45) is 0 Å². The second kappa shape index (κ2) is 11.4. The molecule has 1 aliphatic rings. The van der Waals surface area contributed by atoms with E-state index in [9.17, 15) is 23.2 Å². The second-order valence-corrected chi connectivity index (χ2v) is 10.5. The van der Waals surface area contributed by atoms with Crippen LogP contribution in [0.3, 0.4) is 0 Å². The average Bonchev–Trinajstić information content (AvgIpc) is 3.14. The molecule has 2 aromatic carbocycles. The summed E-state index contributed by atoms with van der Waals surface area (Å²) in [7, 11) is 0. The summed E-state index contributed by atoms with van der Waals surface area (Å²) in [6.45, 7) is 4.73. The average molecular weight is 595 g/mol. The Morgan fingerprint density at radius 2 is 1.74 bits per heavy atom. The molecule has 39 heavy (non-hydrogen) atoms. The number of hydrogen-bond acceptors (Lipinski definition) is 7. The Labute approximate surface area is 236 Å². The number of hydrogen-bond donors (Lipinski definition) is 1. The highest BCUT2D eigenvalue weighted by Gasteiger charge is 2.40. The molecule has 0 amide bonds. The molecule has 0 fully saturated rings. The normalized spacial score (nSPS) is 15.5. The minimum atomic E-state index is -1.40. The van der Waals surface area contributed by atoms with Gasteiger partial charge in [0, 0.05) is 21.4 Å². The van der Waals surface area contributed by atoms with E-state index in [-0.39, 0.29) is 48.9 Å². The Kier molecular flexibility index (Phi) is 8.39. The fraction of sp³-hybridized carbons (Fsp3) is 0.222. The number of fused-ring (bicyclic) bond motifs is 1. The van der Waals surface area contributed by atoms with Gasteiger partial charge in [0.15, 0.2) is 5.69 Å². The zero-order valence-corrected chi connectivity index (χ0v) is 23.2. The van der Waals surface area contributed by atoms with Gasteiger partial charge >= 0.3 is 11.9 Å². The molecule has 0 aliphatic carbocycles. The van der Waals surface area contributed by atoms with Gasteiger partial charge < -0.3 is 15.2 Å². The maximum absolute atomic E-state index is 15.0. The van der Waals surface area contributed by atoms with Crippen molar-refractivity contribution in [1.82, 2.24) is 4.57 Å². The number of anilines is 1. The predicted molar refractivity (Wildman–Crippen MR) is 146 cm³/mol. The van der Waals surface area contributed by atoms with Crippen molar-refractivity contribution in [3.63, 3.8) is 0 Å². The molecule has 0 radical (unpaired) electrons. The molecule has 2 N–H and O–H groups in total. The van der Waals surface area contributed by atoms with Crippen molar-refractivity contribution in [2.45, 2.75) is 32.1 Å². The molecule has 1 atom stereocenters. The highest BCUT2D eigenvalue weighted by Crippen LogP contribution is 2.43. The minimum absolute atomic E-state index is 0.0177. The molecular formula is C27H22Cl2F2N2O5S. The van der Waals surface area contributed by atoms with Gasteiger partial charge in [0.1, 0.15) is 21.8 Å². The molecular weight excluding hydrogens is 573 g/mol. The summed E-state index contributed by atoms with van der Waals surface area (Å²) >= 11 is 13.2. The summed E-state index contributed by atoms with van der Waals surface area (Å²) in [6, 6.07) is 7.88. The van der Waals surface area contributed by atoms with Crippen molar-refractivity contribution >= 4 is 69.5 Å². The van der Waals surface area contributed by atoms with Crippen LogP contribution >= 0.6 is 35.0 Å². The third-order valence-electron chi connectivity index (χ3n) is 5.69. The summed E-state index contributed by atoms with van der Waals surface area (Å²) < 4.78 is 41.2. The van der Waals surface area contributed by atoms with Gasteiger partial charge in [-0.15, -0.1) is 0 Å². The lowest BCUT2D eigenvalue weighted by Gasteiger charge is -2.25. The maximum Gasteiger partial charge on any atom is 0.357 e. The van der Waals surface area contributed by atoms with Crippen molar-refractivity contribution in [3.8, 4) is 0 Å². The van der Waals surface area contributed by atoms with E-state index in [4.69, 9.17) is 38.4 Å². The van der Waals surface area contributed by atoms with Gasteiger partial charge in [-0.05, 0) is 51.1 Å². The predicted octanol–water partition coefficient (Wildman–Crippen LogP) is 4.85. The lowest BCUT2D eigenvalue weighted by Crippen LogP contribution is -2.43. The quantitative estimate of drug-likeness (QED) is 0.407. The Morgan fingerprint density at radius 3 is 2.33 bits per heavy atom. The zero-order chi connectivity index (χ0) is 28.6. The standard InChI is InChI=1S/C27H22Cl2F2N2O5S/c1-4-37-26(35)22-20(32)14(11-13-15(28)7-5-9-17(13)30)21-24(27(36)38-12(2)3)39-23(25(34)33(21)22)19-16(29)8-6-10-18(19)31/h5-12,23H,4,32H2,1-3H3/b14-11+/t23-/m0/s1. The largest absolute Gasteiger partial charge is 0.461 e. The Balaban J connectivity index is 2.18. The molecule has 12 heteroatoms. The van der Waals surface area contributed by atoms with Crippen LogP contribution in [0.5, 0.6) is 0 Å². The summed E-state index contributed by atoms with van der Waals surface area (Å²) in [5.74, 6) is -4.18. The van der Waals surface area contributed by atoms with E-state index in [1.54, 1.807) is 20.8 Å². The molecule has 1 aromatic heterocycles. The number of halogens is 4. The Morgan fingerprint density at radius 1 is 1.10 bits per heavy atom. The van der Waals surface area contributed by atoms with Crippen LogP contribution in [0.2, 0.25) is 10.0 Å². The fourth-order valence-corrected chi connectivity index (χ4v) is 5.90. The van der Waals surface area contributed by atoms with Crippen LogP contribution in [0.15, 0.2) is 36.4 Å². The topological polar surface area (TPSA) is 101 Å². The molecule has 0 saturated carbocycles. The van der Waals surface area contributed by atoms with E-state index in [1.165, 1.54) is 30.3 Å². The van der Waals surface area contributed by atoms with Crippen molar-refractivity contribution in [3.05, 3.63) is 85.5 Å². The van der Waals surface area contributed by atoms with Gasteiger partial charge in [0.2, 0.25) is 5.91 Å². The van der Waals surface area contributed by atoms with Crippen LogP contribution in [0.1, 0.15) is 52.4 Å². The number of thioether (sulfide) groups is 1. The van der Waals surface area contributed by atoms with E-state index in [0.717, 1.165) is 16.7 Å². The van der Waals surface area contributed by atoms with Crippen molar-refractivity contribution in [2.75, 3.05) is 12.3 Å². The summed E-state index contributed by atoms with van der Waals surface area (Å²) in [6.07, 6.45) is 0.659. The SMILES string of the molecule is CCOC(=O)c1c(N)/c(=C\c2c(F)cccc2Cl)c2n1C(=O)[C@H](c1c(F)cccc1Cl)SC=2C(=O)OC(C)C. The molecule has 2 heterocycles. The molecule has 0 spiro atoms. The minimum Gasteiger partial charge on any atom is -0.461 e. The number of nitrogen functional groups attached to an aromatic ring is 1. The Bertz CT molecular complexity index is 1600. The van der Waals surface area contributed by atoms with Gasteiger partial charge in [-0.2, -0.15) is 0 Å². The number of carbonyl (C=O) groups excluding carboxylic acids is 3. The summed E-state index contributed by atoms with van der Waals surface area (Å²) in [5, 5.41) is -1.63. The van der Waals surface area contributed by atoms with Crippen LogP contribution in [-0.4, -0.2) is 35.1 Å². The first-order valence-electron chi connectivity index (χ1n) is 11.7. The van der Waals surface area contributed by atoms with E-state index in [0.29, 0.717) is 11.8 Å².